The van der Waals surface area contributed by atoms with E-state index in [9.17, 15) is 0 Å². The number of aryl methyl sites for hydroxylation is 2. The standard InChI is InChI=1S/C16H24Br2/c1-3-5-7-9-13-11-15(17)16(18)12-14(13)10-8-6-4-2/h11-12H,3-10H2,1-2H3. The lowest BCUT2D eigenvalue weighted by atomic mass is 9.97. The van der Waals surface area contributed by atoms with Crippen molar-refractivity contribution in [3.63, 3.8) is 0 Å². The van der Waals surface area contributed by atoms with Gasteiger partial charge in [-0.1, -0.05) is 39.5 Å². The summed E-state index contributed by atoms with van der Waals surface area (Å²) in [5.41, 5.74) is 3.07. The molecule has 0 saturated heterocycles. The number of hydrogen-bond donors (Lipinski definition) is 0. The largest absolute Gasteiger partial charge is 0.0654 e. The Morgan fingerprint density at radius 1 is 0.722 bits per heavy atom. The molecule has 0 aliphatic carbocycles. The van der Waals surface area contributed by atoms with E-state index in [4.69, 9.17) is 0 Å². The number of hydrogen-bond acceptors (Lipinski definition) is 0. The van der Waals surface area contributed by atoms with Gasteiger partial charge in [0, 0.05) is 8.95 Å². The fourth-order valence-electron chi connectivity index (χ4n) is 2.23. The topological polar surface area (TPSA) is 0 Å². The second kappa shape index (κ2) is 9.14. The lowest BCUT2D eigenvalue weighted by molar-refractivity contribution is 0.693. The molecule has 0 aliphatic rings. The molecule has 2 heteroatoms. The first-order valence-electron chi connectivity index (χ1n) is 7.15. The van der Waals surface area contributed by atoms with Gasteiger partial charge in [-0.3, -0.25) is 0 Å². The highest BCUT2D eigenvalue weighted by atomic mass is 79.9. The van der Waals surface area contributed by atoms with E-state index in [1.54, 1.807) is 0 Å². The summed E-state index contributed by atoms with van der Waals surface area (Å²) < 4.78 is 2.38. The Kier molecular flexibility index (Phi) is 8.25. The van der Waals surface area contributed by atoms with E-state index in [0.717, 1.165) is 0 Å². The average Bonchev–Trinajstić information content (AvgIpc) is 2.35. The molecular formula is C16H24Br2. The van der Waals surface area contributed by atoms with Crippen LogP contribution in [0.25, 0.3) is 0 Å². The van der Waals surface area contributed by atoms with E-state index < -0.39 is 0 Å². The van der Waals surface area contributed by atoms with Crippen LogP contribution in [-0.2, 0) is 12.8 Å². The van der Waals surface area contributed by atoms with Crippen molar-refractivity contribution in [1.82, 2.24) is 0 Å². The fraction of sp³-hybridized carbons (Fsp3) is 0.625. The van der Waals surface area contributed by atoms with Crippen LogP contribution >= 0.6 is 31.9 Å². The lowest BCUT2D eigenvalue weighted by Crippen LogP contribution is -1.96. The van der Waals surface area contributed by atoms with E-state index in [1.807, 2.05) is 0 Å². The van der Waals surface area contributed by atoms with Crippen LogP contribution in [0.3, 0.4) is 0 Å². The van der Waals surface area contributed by atoms with Gasteiger partial charge < -0.3 is 0 Å². The minimum Gasteiger partial charge on any atom is -0.0654 e. The summed E-state index contributed by atoms with van der Waals surface area (Å²) in [7, 11) is 0. The normalized spacial score (nSPS) is 10.9. The van der Waals surface area contributed by atoms with Crippen LogP contribution in [0, 0.1) is 0 Å². The second-order valence-corrected chi connectivity index (χ2v) is 6.66. The summed E-state index contributed by atoms with van der Waals surface area (Å²) in [5, 5.41) is 0. The van der Waals surface area contributed by atoms with E-state index in [2.05, 4.69) is 57.8 Å². The van der Waals surface area contributed by atoms with Crippen LogP contribution in [0.2, 0.25) is 0 Å². The lowest BCUT2D eigenvalue weighted by Gasteiger charge is -2.11. The number of unbranched alkanes of at least 4 members (excludes halogenated alkanes) is 4. The van der Waals surface area contributed by atoms with Crippen LogP contribution < -0.4 is 0 Å². The van der Waals surface area contributed by atoms with Crippen molar-refractivity contribution < 1.29 is 0 Å². The molecule has 1 aromatic carbocycles. The molecule has 0 spiro atoms. The third-order valence-corrected chi connectivity index (χ3v) is 5.19. The molecule has 0 unspecified atom stereocenters. The van der Waals surface area contributed by atoms with Gasteiger partial charge in [0.15, 0.2) is 0 Å². The zero-order chi connectivity index (χ0) is 13.4. The van der Waals surface area contributed by atoms with E-state index in [1.165, 1.54) is 71.4 Å². The van der Waals surface area contributed by atoms with Crippen molar-refractivity contribution in [1.29, 1.82) is 0 Å². The predicted molar refractivity (Wildman–Crippen MR) is 88.3 cm³/mol. The monoisotopic (exact) mass is 374 g/mol. The minimum atomic E-state index is 1.19. The van der Waals surface area contributed by atoms with Crippen LogP contribution in [-0.4, -0.2) is 0 Å². The smallest absolute Gasteiger partial charge is 0.0320 e. The van der Waals surface area contributed by atoms with Gasteiger partial charge in [-0.05, 0) is 80.8 Å². The molecule has 1 aromatic rings. The number of benzene rings is 1. The maximum atomic E-state index is 3.62. The molecule has 0 fully saturated rings. The predicted octanol–water partition coefficient (Wildman–Crippen LogP) is 6.68. The highest BCUT2D eigenvalue weighted by Crippen LogP contribution is 2.29. The zero-order valence-corrected chi connectivity index (χ0v) is 14.7. The van der Waals surface area contributed by atoms with Gasteiger partial charge in [0.25, 0.3) is 0 Å². The molecule has 0 saturated carbocycles. The van der Waals surface area contributed by atoms with Crippen molar-refractivity contribution in [2.24, 2.45) is 0 Å². The molecule has 0 radical (unpaired) electrons. The molecule has 0 aromatic heterocycles. The summed E-state index contributed by atoms with van der Waals surface area (Å²) in [6.45, 7) is 4.53. The molecule has 0 N–H and O–H groups in total. The van der Waals surface area contributed by atoms with Crippen molar-refractivity contribution in [3.8, 4) is 0 Å². The molecule has 0 bridgehead atoms. The first-order chi connectivity index (χ1) is 8.69. The first-order valence-corrected chi connectivity index (χ1v) is 8.74. The van der Waals surface area contributed by atoms with E-state index in [-0.39, 0.29) is 0 Å². The van der Waals surface area contributed by atoms with E-state index >= 15 is 0 Å². The first kappa shape index (κ1) is 16.2. The Morgan fingerprint density at radius 2 is 1.11 bits per heavy atom. The second-order valence-electron chi connectivity index (χ2n) is 4.95. The minimum absolute atomic E-state index is 1.19. The molecule has 0 atom stereocenters. The van der Waals surface area contributed by atoms with Crippen LogP contribution in [0.4, 0.5) is 0 Å². The summed E-state index contributed by atoms with van der Waals surface area (Å²) in [6.07, 6.45) is 10.3. The molecule has 0 amide bonds. The summed E-state index contributed by atoms with van der Waals surface area (Å²) in [4.78, 5) is 0. The highest BCUT2D eigenvalue weighted by Gasteiger charge is 2.07. The van der Waals surface area contributed by atoms with Gasteiger partial charge in [0.1, 0.15) is 0 Å². The molecule has 1 rings (SSSR count). The van der Waals surface area contributed by atoms with Crippen molar-refractivity contribution in [3.05, 3.63) is 32.2 Å². The third kappa shape index (κ3) is 5.44. The number of halogens is 2. The van der Waals surface area contributed by atoms with Gasteiger partial charge in [-0.25, -0.2) is 0 Å². The Bertz CT molecular complexity index is 323. The Labute approximate surface area is 129 Å². The maximum Gasteiger partial charge on any atom is 0.0320 e. The Morgan fingerprint density at radius 3 is 1.44 bits per heavy atom. The maximum absolute atomic E-state index is 3.62. The van der Waals surface area contributed by atoms with Gasteiger partial charge >= 0.3 is 0 Å². The third-order valence-electron chi connectivity index (χ3n) is 3.34. The van der Waals surface area contributed by atoms with Gasteiger partial charge in [-0.15, -0.1) is 0 Å². The average molecular weight is 376 g/mol. The van der Waals surface area contributed by atoms with Gasteiger partial charge in [0.2, 0.25) is 0 Å². The molecule has 0 nitrogen and oxygen atoms in total. The fourth-order valence-corrected chi connectivity index (χ4v) is 3.01. The molecule has 0 heterocycles. The molecular weight excluding hydrogens is 352 g/mol. The van der Waals surface area contributed by atoms with Crippen molar-refractivity contribution in [2.45, 2.75) is 65.2 Å². The quantitative estimate of drug-likeness (QED) is 0.444. The summed E-state index contributed by atoms with van der Waals surface area (Å²) in [6, 6.07) is 4.61. The van der Waals surface area contributed by atoms with E-state index in [0.29, 0.717) is 0 Å². The Hall–Kier alpha value is 0.180. The summed E-state index contributed by atoms with van der Waals surface area (Å²) in [5.74, 6) is 0. The molecule has 0 aliphatic heterocycles. The Balaban J connectivity index is 2.73. The molecule has 102 valence electrons. The number of rotatable bonds is 8. The zero-order valence-electron chi connectivity index (χ0n) is 11.6. The molecule has 18 heavy (non-hydrogen) atoms. The van der Waals surface area contributed by atoms with Crippen LogP contribution in [0.5, 0.6) is 0 Å². The van der Waals surface area contributed by atoms with Gasteiger partial charge in [-0.2, -0.15) is 0 Å². The van der Waals surface area contributed by atoms with Gasteiger partial charge in [0.05, 0.1) is 0 Å². The van der Waals surface area contributed by atoms with Crippen LogP contribution in [0.15, 0.2) is 21.1 Å². The van der Waals surface area contributed by atoms with Crippen molar-refractivity contribution >= 4 is 31.9 Å². The highest BCUT2D eigenvalue weighted by molar-refractivity contribution is 9.13. The van der Waals surface area contributed by atoms with Crippen LogP contribution in [0.1, 0.15) is 63.5 Å². The SMILES string of the molecule is CCCCCc1cc(Br)c(Br)cc1CCCCC. The van der Waals surface area contributed by atoms with Crippen molar-refractivity contribution in [2.75, 3.05) is 0 Å². The summed E-state index contributed by atoms with van der Waals surface area (Å²) >= 11 is 7.25.